The molecule has 0 bridgehead atoms. The molecule has 114 valence electrons. The molecule has 2 heterocycles. The van der Waals surface area contributed by atoms with Crippen molar-refractivity contribution in [3.63, 3.8) is 0 Å². The van der Waals surface area contributed by atoms with E-state index >= 15 is 0 Å². The van der Waals surface area contributed by atoms with Crippen LogP contribution in [0.25, 0.3) is 0 Å². The van der Waals surface area contributed by atoms with Crippen molar-refractivity contribution in [2.24, 2.45) is 0 Å². The highest BCUT2D eigenvalue weighted by Gasteiger charge is 2.34. The van der Waals surface area contributed by atoms with Crippen molar-refractivity contribution >= 4 is 5.91 Å². The molecule has 0 unspecified atom stereocenters. The predicted octanol–water partition coefficient (Wildman–Crippen LogP) is 3.69. The van der Waals surface area contributed by atoms with Gasteiger partial charge < -0.3 is 13.7 Å². The smallest absolute Gasteiger partial charge is 0.406 e. The number of carbonyl (C=O) groups excluding carboxylic acids is 1. The first-order chi connectivity index (χ1) is 9.76. The summed E-state index contributed by atoms with van der Waals surface area (Å²) in [6.07, 6.45) is -3.15. The first kappa shape index (κ1) is 15.2. The quantitative estimate of drug-likeness (QED) is 0.865. The van der Waals surface area contributed by atoms with Crippen LogP contribution in [0.2, 0.25) is 0 Å². The van der Waals surface area contributed by atoms with Gasteiger partial charge in [-0.1, -0.05) is 0 Å². The topological polar surface area (TPSA) is 46.6 Å². The first-order valence-corrected chi connectivity index (χ1v) is 6.22. The Morgan fingerprint density at radius 3 is 2.52 bits per heavy atom. The van der Waals surface area contributed by atoms with E-state index in [2.05, 4.69) is 0 Å². The molecule has 0 spiro atoms. The lowest BCUT2D eigenvalue weighted by atomic mass is 10.2. The summed E-state index contributed by atoms with van der Waals surface area (Å²) in [5, 5.41) is 0. The molecule has 4 nitrogen and oxygen atoms in total. The Bertz CT molecular complexity index is 614. The van der Waals surface area contributed by atoms with Crippen molar-refractivity contribution in [3.8, 4) is 0 Å². The maximum atomic E-state index is 12.7. The zero-order valence-electron chi connectivity index (χ0n) is 11.5. The third kappa shape index (κ3) is 3.90. The lowest BCUT2D eigenvalue weighted by Crippen LogP contribution is -2.38. The van der Waals surface area contributed by atoms with Gasteiger partial charge in [-0.25, -0.2) is 0 Å². The van der Waals surface area contributed by atoms with Gasteiger partial charge in [-0.2, -0.15) is 13.2 Å². The van der Waals surface area contributed by atoms with Gasteiger partial charge in [0.25, 0.3) is 5.91 Å². The maximum absolute atomic E-state index is 12.7. The van der Waals surface area contributed by atoms with Crippen molar-refractivity contribution < 1.29 is 26.8 Å². The van der Waals surface area contributed by atoms with Crippen LogP contribution < -0.4 is 0 Å². The Hall–Kier alpha value is -2.18. The van der Waals surface area contributed by atoms with E-state index in [0.29, 0.717) is 16.4 Å². The van der Waals surface area contributed by atoms with E-state index in [4.69, 9.17) is 8.83 Å². The van der Waals surface area contributed by atoms with E-state index in [9.17, 15) is 18.0 Å². The molecule has 0 aliphatic heterocycles. The molecule has 0 atom stereocenters. The average molecular weight is 301 g/mol. The predicted molar refractivity (Wildman–Crippen MR) is 67.7 cm³/mol. The summed E-state index contributed by atoms with van der Waals surface area (Å²) in [4.78, 5) is 13.0. The number of furan rings is 2. The van der Waals surface area contributed by atoms with Gasteiger partial charge in [-0.05, 0) is 32.0 Å². The molecule has 0 radical (unpaired) electrons. The summed E-state index contributed by atoms with van der Waals surface area (Å²) in [7, 11) is 0. The van der Waals surface area contributed by atoms with Gasteiger partial charge in [0.15, 0.2) is 0 Å². The summed E-state index contributed by atoms with van der Waals surface area (Å²) in [5.41, 5.74) is 0.128. The minimum atomic E-state index is -4.49. The fourth-order valence-corrected chi connectivity index (χ4v) is 2.02. The van der Waals surface area contributed by atoms with E-state index in [1.54, 1.807) is 19.9 Å². The number of halogens is 3. The van der Waals surface area contributed by atoms with E-state index in [0.717, 1.165) is 0 Å². The molecule has 0 fully saturated rings. The molecular formula is C14H14F3NO3. The van der Waals surface area contributed by atoms with Crippen molar-refractivity contribution in [1.82, 2.24) is 4.90 Å². The van der Waals surface area contributed by atoms with Crippen LogP contribution in [0.15, 0.2) is 33.3 Å². The van der Waals surface area contributed by atoms with Gasteiger partial charge in [0.2, 0.25) is 0 Å². The van der Waals surface area contributed by atoms with Gasteiger partial charge in [-0.15, -0.1) is 0 Å². The summed E-state index contributed by atoms with van der Waals surface area (Å²) in [6.45, 7) is 1.56. The van der Waals surface area contributed by atoms with Crippen LogP contribution in [0, 0.1) is 13.8 Å². The lowest BCUT2D eigenvalue weighted by Gasteiger charge is -2.22. The number of hydrogen-bond donors (Lipinski definition) is 0. The van der Waals surface area contributed by atoms with Gasteiger partial charge in [-0.3, -0.25) is 4.79 Å². The minimum absolute atomic E-state index is 0.128. The van der Waals surface area contributed by atoms with Crippen LogP contribution >= 0.6 is 0 Å². The van der Waals surface area contributed by atoms with Gasteiger partial charge in [0, 0.05) is 0 Å². The number of nitrogens with zero attached hydrogens (tertiary/aromatic N) is 1. The molecule has 0 aromatic carbocycles. The summed E-state index contributed by atoms with van der Waals surface area (Å²) < 4.78 is 48.2. The van der Waals surface area contributed by atoms with Crippen LogP contribution in [0.1, 0.15) is 27.6 Å². The van der Waals surface area contributed by atoms with E-state index < -0.39 is 18.6 Å². The number of rotatable bonds is 4. The van der Waals surface area contributed by atoms with Crippen LogP contribution in [0.5, 0.6) is 0 Å². The van der Waals surface area contributed by atoms with E-state index in [1.807, 2.05) is 0 Å². The number of aryl methyl sites for hydroxylation is 2. The van der Waals surface area contributed by atoms with Crippen molar-refractivity contribution in [2.45, 2.75) is 26.6 Å². The van der Waals surface area contributed by atoms with Gasteiger partial charge >= 0.3 is 6.18 Å². The Morgan fingerprint density at radius 1 is 1.33 bits per heavy atom. The second-order valence-electron chi connectivity index (χ2n) is 4.68. The minimum Gasteiger partial charge on any atom is -0.467 e. The normalized spacial score (nSPS) is 11.7. The lowest BCUT2D eigenvalue weighted by molar-refractivity contribution is -0.142. The number of alkyl halides is 3. The zero-order valence-corrected chi connectivity index (χ0v) is 11.5. The molecule has 2 aromatic heterocycles. The first-order valence-electron chi connectivity index (χ1n) is 6.22. The molecule has 21 heavy (non-hydrogen) atoms. The summed E-state index contributed by atoms with van der Waals surface area (Å²) >= 11 is 0. The maximum Gasteiger partial charge on any atom is 0.406 e. The third-order valence-corrected chi connectivity index (χ3v) is 2.86. The molecule has 0 N–H and O–H groups in total. The highest BCUT2D eigenvalue weighted by molar-refractivity contribution is 5.95. The molecule has 2 rings (SSSR count). The molecular weight excluding hydrogens is 287 g/mol. The highest BCUT2D eigenvalue weighted by atomic mass is 19.4. The molecule has 0 saturated carbocycles. The molecule has 1 amide bonds. The summed E-state index contributed by atoms with van der Waals surface area (Å²) in [5.74, 6) is 0.313. The van der Waals surface area contributed by atoms with Gasteiger partial charge in [0.1, 0.15) is 23.8 Å². The van der Waals surface area contributed by atoms with Gasteiger partial charge in [0.05, 0.1) is 18.4 Å². The van der Waals surface area contributed by atoms with Crippen molar-refractivity contribution in [3.05, 3.63) is 47.3 Å². The van der Waals surface area contributed by atoms with Crippen LogP contribution in [-0.4, -0.2) is 23.5 Å². The van der Waals surface area contributed by atoms with E-state index in [1.165, 1.54) is 18.4 Å². The number of hydrogen-bond acceptors (Lipinski definition) is 3. The monoisotopic (exact) mass is 301 g/mol. The zero-order chi connectivity index (χ0) is 15.6. The largest absolute Gasteiger partial charge is 0.467 e. The average Bonchev–Trinajstić information content (AvgIpc) is 2.95. The third-order valence-electron chi connectivity index (χ3n) is 2.86. The standard InChI is InChI=1S/C14H14F3NO3/c1-9-6-12(10(2)21-9)13(19)18(8-14(15,16)17)7-11-4-3-5-20-11/h3-6H,7-8H2,1-2H3. The van der Waals surface area contributed by atoms with E-state index in [-0.39, 0.29) is 17.9 Å². The van der Waals surface area contributed by atoms with Crippen LogP contribution in [-0.2, 0) is 6.54 Å². The fourth-order valence-electron chi connectivity index (χ4n) is 2.02. The highest BCUT2D eigenvalue weighted by Crippen LogP contribution is 2.22. The van der Waals surface area contributed by atoms with Crippen LogP contribution in [0.3, 0.4) is 0 Å². The van der Waals surface area contributed by atoms with Crippen LogP contribution in [0.4, 0.5) is 13.2 Å². The van der Waals surface area contributed by atoms with Crippen molar-refractivity contribution in [1.29, 1.82) is 0 Å². The summed E-state index contributed by atoms with van der Waals surface area (Å²) in [6, 6.07) is 4.51. The Balaban J connectivity index is 2.25. The second kappa shape index (κ2) is 5.67. The Labute approximate surface area is 119 Å². The number of amides is 1. The number of carbonyl (C=O) groups is 1. The van der Waals surface area contributed by atoms with Crippen molar-refractivity contribution in [2.75, 3.05) is 6.54 Å². The molecule has 2 aromatic rings. The molecule has 0 aliphatic rings. The SMILES string of the molecule is Cc1cc(C(=O)N(Cc2ccco2)CC(F)(F)F)c(C)o1. The molecule has 0 aliphatic carbocycles. The fraction of sp³-hybridized carbons (Fsp3) is 0.357. The molecule has 0 saturated heterocycles. The molecule has 7 heteroatoms. The Kier molecular flexibility index (Phi) is 4.11. The Morgan fingerprint density at radius 2 is 2.05 bits per heavy atom. The second-order valence-corrected chi connectivity index (χ2v) is 4.68.